The third-order valence-corrected chi connectivity index (χ3v) is 1.66. The second-order valence-corrected chi connectivity index (χ2v) is 2.80. The summed E-state index contributed by atoms with van der Waals surface area (Å²) in [7, 11) is 0. The van der Waals surface area contributed by atoms with Gasteiger partial charge in [0.05, 0.1) is 0 Å². The summed E-state index contributed by atoms with van der Waals surface area (Å²) < 4.78 is 0. The lowest BCUT2D eigenvalue weighted by Crippen LogP contribution is -1.73. The molecule has 0 bridgehead atoms. The zero-order valence-electron chi connectivity index (χ0n) is 7.83. The number of hydrogen-bond acceptors (Lipinski definition) is 1. The van der Waals surface area contributed by atoms with Crippen LogP contribution in [0.1, 0.15) is 39.0 Å². The van der Waals surface area contributed by atoms with E-state index in [9.17, 15) is 4.79 Å². The van der Waals surface area contributed by atoms with Crippen LogP contribution in [-0.4, -0.2) is 6.29 Å². The molecule has 0 aromatic carbocycles. The van der Waals surface area contributed by atoms with Gasteiger partial charge in [-0.1, -0.05) is 44.4 Å². The first-order chi connectivity index (χ1) is 5.91. The summed E-state index contributed by atoms with van der Waals surface area (Å²) in [5, 5.41) is 0. The van der Waals surface area contributed by atoms with Gasteiger partial charge < -0.3 is 0 Å². The summed E-state index contributed by atoms with van der Waals surface area (Å²) in [6, 6.07) is 0. The molecule has 0 rings (SSSR count). The summed E-state index contributed by atoms with van der Waals surface area (Å²) in [5.74, 6) is 0. The molecule has 68 valence electrons. The first kappa shape index (κ1) is 11.2. The standard InChI is InChI=1S/C11H18O/c1-2-3-4-5-6-7-8-9-10-11-12/h7-11H,2-6H2,1H3/b8-7-,10-9+. The predicted octanol–water partition coefficient (Wildman–Crippen LogP) is 3.27. The van der Waals surface area contributed by atoms with Crippen molar-refractivity contribution in [1.82, 2.24) is 0 Å². The van der Waals surface area contributed by atoms with Crippen molar-refractivity contribution in [1.29, 1.82) is 0 Å². The summed E-state index contributed by atoms with van der Waals surface area (Å²) >= 11 is 0. The molecule has 0 spiro atoms. The molecule has 1 nitrogen and oxygen atoms in total. The maximum absolute atomic E-state index is 9.86. The normalized spacial score (nSPS) is 11.4. The third-order valence-electron chi connectivity index (χ3n) is 1.66. The van der Waals surface area contributed by atoms with Crippen molar-refractivity contribution in [2.75, 3.05) is 0 Å². The molecule has 0 aliphatic carbocycles. The molecular weight excluding hydrogens is 148 g/mol. The molecule has 0 saturated carbocycles. The van der Waals surface area contributed by atoms with Gasteiger partial charge in [0.25, 0.3) is 0 Å². The first-order valence-electron chi connectivity index (χ1n) is 4.68. The van der Waals surface area contributed by atoms with E-state index < -0.39 is 0 Å². The number of carbonyl (C=O) groups is 1. The summed E-state index contributed by atoms with van der Waals surface area (Å²) in [6.45, 7) is 2.21. The highest BCUT2D eigenvalue weighted by Gasteiger charge is 1.82. The Hall–Kier alpha value is -0.850. The number of unbranched alkanes of at least 4 members (excludes halogenated alkanes) is 4. The van der Waals surface area contributed by atoms with E-state index in [1.165, 1.54) is 31.8 Å². The molecule has 0 aliphatic rings. The molecule has 0 amide bonds. The monoisotopic (exact) mass is 166 g/mol. The van der Waals surface area contributed by atoms with Gasteiger partial charge in [-0.3, -0.25) is 4.79 Å². The minimum Gasteiger partial charge on any atom is -0.299 e. The van der Waals surface area contributed by atoms with Gasteiger partial charge in [0.2, 0.25) is 0 Å². The summed E-state index contributed by atoms with van der Waals surface area (Å²) in [5.41, 5.74) is 0. The highest BCUT2D eigenvalue weighted by Crippen LogP contribution is 2.02. The largest absolute Gasteiger partial charge is 0.299 e. The van der Waals surface area contributed by atoms with E-state index in [4.69, 9.17) is 0 Å². The SMILES string of the molecule is CCCCCC/C=C\C=C\C=O. The second-order valence-electron chi connectivity index (χ2n) is 2.80. The van der Waals surface area contributed by atoms with Gasteiger partial charge in [0.1, 0.15) is 6.29 Å². The Balaban J connectivity index is 3.13. The average Bonchev–Trinajstić information content (AvgIpc) is 2.10. The minimum absolute atomic E-state index is 0.793. The maximum atomic E-state index is 9.86. The van der Waals surface area contributed by atoms with Crippen LogP contribution in [0.2, 0.25) is 0 Å². The van der Waals surface area contributed by atoms with E-state index in [-0.39, 0.29) is 0 Å². The van der Waals surface area contributed by atoms with Crippen LogP contribution in [0.25, 0.3) is 0 Å². The van der Waals surface area contributed by atoms with Crippen LogP contribution in [0.5, 0.6) is 0 Å². The van der Waals surface area contributed by atoms with E-state index in [2.05, 4.69) is 13.0 Å². The molecule has 1 heteroatoms. The number of hydrogen-bond donors (Lipinski definition) is 0. The third kappa shape index (κ3) is 9.15. The fourth-order valence-electron chi connectivity index (χ4n) is 0.973. The van der Waals surface area contributed by atoms with Gasteiger partial charge in [-0.15, -0.1) is 0 Å². The molecule has 0 saturated heterocycles. The Morgan fingerprint density at radius 1 is 1.00 bits per heavy atom. The highest BCUT2D eigenvalue weighted by atomic mass is 16.1. The molecule has 0 aromatic heterocycles. The Morgan fingerprint density at radius 3 is 2.50 bits per heavy atom. The molecule has 0 atom stereocenters. The lowest BCUT2D eigenvalue weighted by Gasteiger charge is -1.92. The zero-order valence-corrected chi connectivity index (χ0v) is 7.83. The van der Waals surface area contributed by atoms with Gasteiger partial charge in [-0.05, 0) is 18.9 Å². The Kier molecular flexibility index (Phi) is 9.43. The van der Waals surface area contributed by atoms with Crippen molar-refractivity contribution in [3.05, 3.63) is 24.3 Å². The molecule has 0 unspecified atom stereocenters. The average molecular weight is 166 g/mol. The van der Waals surface area contributed by atoms with Gasteiger partial charge in [-0.25, -0.2) is 0 Å². The molecule has 0 fully saturated rings. The summed E-state index contributed by atoms with van der Waals surface area (Å²) in [4.78, 5) is 9.86. The van der Waals surface area contributed by atoms with Crippen LogP contribution in [0.4, 0.5) is 0 Å². The Bertz CT molecular complexity index is 145. The fourth-order valence-corrected chi connectivity index (χ4v) is 0.973. The van der Waals surface area contributed by atoms with Crippen LogP contribution in [0, 0.1) is 0 Å². The van der Waals surface area contributed by atoms with E-state index in [1.807, 2.05) is 6.08 Å². The van der Waals surface area contributed by atoms with Gasteiger partial charge in [0.15, 0.2) is 0 Å². The van der Waals surface area contributed by atoms with Gasteiger partial charge in [-0.2, -0.15) is 0 Å². The van der Waals surface area contributed by atoms with Crippen LogP contribution in [0.3, 0.4) is 0 Å². The van der Waals surface area contributed by atoms with Crippen molar-refractivity contribution in [3.63, 3.8) is 0 Å². The van der Waals surface area contributed by atoms with Crippen LogP contribution in [-0.2, 0) is 4.79 Å². The fraction of sp³-hybridized carbons (Fsp3) is 0.545. The number of rotatable bonds is 7. The number of aldehydes is 1. The van der Waals surface area contributed by atoms with E-state index >= 15 is 0 Å². The second kappa shape index (κ2) is 10.2. The van der Waals surface area contributed by atoms with Gasteiger partial charge >= 0.3 is 0 Å². The van der Waals surface area contributed by atoms with Crippen molar-refractivity contribution >= 4 is 6.29 Å². The molecule has 0 N–H and O–H groups in total. The molecule has 0 heterocycles. The Morgan fingerprint density at radius 2 is 1.83 bits per heavy atom. The van der Waals surface area contributed by atoms with Gasteiger partial charge in [0, 0.05) is 0 Å². The molecular formula is C11H18O. The predicted molar refractivity (Wildman–Crippen MR) is 53.1 cm³/mol. The van der Waals surface area contributed by atoms with Crippen LogP contribution in [0.15, 0.2) is 24.3 Å². The number of carbonyl (C=O) groups excluding carboxylic acids is 1. The summed E-state index contributed by atoms with van der Waals surface area (Å²) in [6.07, 6.45) is 14.4. The lowest BCUT2D eigenvalue weighted by molar-refractivity contribution is -0.104. The van der Waals surface area contributed by atoms with E-state index in [0.717, 1.165) is 12.7 Å². The maximum Gasteiger partial charge on any atom is 0.142 e. The highest BCUT2D eigenvalue weighted by molar-refractivity contribution is 5.65. The van der Waals surface area contributed by atoms with Crippen molar-refractivity contribution in [2.24, 2.45) is 0 Å². The quantitative estimate of drug-likeness (QED) is 0.245. The van der Waals surface area contributed by atoms with Crippen LogP contribution >= 0.6 is 0 Å². The Labute approximate surface area is 75.2 Å². The molecule has 12 heavy (non-hydrogen) atoms. The minimum atomic E-state index is 0.793. The smallest absolute Gasteiger partial charge is 0.142 e. The van der Waals surface area contributed by atoms with Crippen LogP contribution < -0.4 is 0 Å². The van der Waals surface area contributed by atoms with Crippen molar-refractivity contribution in [2.45, 2.75) is 39.0 Å². The van der Waals surface area contributed by atoms with Crippen molar-refractivity contribution < 1.29 is 4.79 Å². The topological polar surface area (TPSA) is 17.1 Å². The molecule has 0 radical (unpaired) electrons. The lowest BCUT2D eigenvalue weighted by atomic mass is 10.1. The van der Waals surface area contributed by atoms with E-state index in [0.29, 0.717) is 0 Å². The zero-order chi connectivity index (χ0) is 9.07. The first-order valence-corrected chi connectivity index (χ1v) is 4.68. The van der Waals surface area contributed by atoms with E-state index in [1.54, 1.807) is 6.08 Å². The van der Waals surface area contributed by atoms with Crippen molar-refractivity contribution in [3.8, 4) is 0 Å². The molecule has 0 aromatic rings. The molecule has 0 aliphatic heterocycles. The number of allylic oxidation sites excluding steroid dienone is 4.